The monoisotopic (exact) mass is 295 g/mol. The SMILES string of the molecule is CC(=O)NC(Oc1ccccc1)C(Cl)(Cl)CCl. The van der Waals surface area contributed by atoms with Crippen molar-refractivity contribution in [2.75, 3.05) is 5.88 Å². The van der Waals surface area contributed by atoms with Crippen molar-refractivity contribution in [1.29, 1.82) is 0 Å². The second-order valence-electron chi connectivity index (χ2n) is 3.41. The van der Waals surface area contributed by atoms with Crippen molar-refractivity contribution in [1.82, 2.24) is 5.32 Å². The average molecular weight is 297 g/mol. The van der Waals surface area contributed by atoms with E-state index in [0.717, 1.165) is 0 Å². The molecule has 0 aromatic heterocycles. The lowest BCUT2D eigenvalue weighted by atomic mass is 10.3. The Morgan fingerprint density at radius 2 is 2.00 bits per heavy atom. The minimum Gasteiger partial charge on any atom is -0.467 e. The molecule has 1 aromatic carbocycles. The van der Waals surface area contributed by atoms with Gasteiger partial charge in [0.15, 0.2) is 4.33 Å². The molecule has 0 saturated heterocycles. The first-order valence-electron chi connectivity index (χ1n) is 4.88. The Morgan fingerprint density at radius 3 is 2.47 bits per heavy atom. The fourth-order valence-corrected chi connectivity index (χ4v) is 1.45. The second-order valence-corrected chi connectivity index (χ2v) is 5.22. The van der Waals surface area contributed by atoms with Crippen LogP contribution in [-0.4, -0.2) is 22.3 Å². The summed E-state index contributed by atoms with van der Waals surface area (Å²) in [5.41, 5.74) is 0. The van der Waals surface area contributed by atoms with E-state index >= 15 is 0 Å². The van der Waals surface area contributed by atoms with Crippen molar-refractivity contribution in [3.63, 3.8) is 0 Å². The van der Waals surface area contributed by atoms with Gasteiger partial charge in [-0.1, -0.05) is 41.4 Å². The zero-order chi connectivity index (χ0) is 12.9. The molecule has 0 aliphatic carbocycles. The minimum atomic E-state index is -1.40. The minimum absolute atomic E-state index is 0.0755. The molecule has 6 heteroatoms. The maximum absolute atomic E-state index is 11.1. The quantitative estimate of drug-likeness (QED) is 0.670. The smallest absolute Gasteiger partial charge is 0.219 e. The molecule has 0 aliphatic heterocycles. The molecule has 0 spiro atoms. The highest BCUT2D eigenvalue weighted by atomic mass is 35.5. The van der Waals surface area contributed by atoms with E-state index in [4.69, 9.17) is 39.5 Å². The molecule has 0 bridgehead atoms. The summed E-state index contributed by atoms with van der Waals surface area (Å²) in [4.78, 5) is 11.1. The van der Waals surface area contributed by atoms with Crippen molar-refractivity contribution < 1.29 is 9.53 Å². The molecule has 1 atom stereocenters. The largest absolute Gasteiger partial charge is 0.467 e. The predicted octanol–water partition coefficient (Wildman–Crippen LogP) is 2.94. The summed E-state index contributed by atoms with van der Waals surface area (Å²) in [5, 5.41) is 2.51. The summed E-state index contributed by atoms with van der Waals surface area (Å²) in [7, 11) is 0. The Morgan fingerprint density at radius 1 is 1.41 bits per heavy atom. The lowest BCUT2D eigenvalue weighted by Gasteiger charge is -2.28. The van der Waals surface area contributed by atoms with Crippen LogP contribution in [0.3, 0.4) is 0 Å². The van der Waals surface area contributed by atoms with E-state index in [-0.39, 0.29) is 11.8 Å². The van der Waals surface area contributed by atoms with Crippen LogP contribution >= 0.6 is 34.8 Å². The van der Waals surface area contributed by atoms with Gasteiger partial charge in [0.25, 0.3) is 0 Å². The summed E-state index contributed by atoms with van der Waals surface area (Å²) < 4.78 is 4.10. The Kier molecular flexibility index (Phi) is 5.37. The first kappa shape index (κ1) is 14.4. The van der Waals surface area contributed by atoms with Crippen LogP contribution in [0.1, 0.15) is 6.92 Å². The van der Waals surface area contributed by atoms with Gasteiger partial charge in [-0.3, -0.25) is 4.79 Å². The third kappa shape index (κ3) is 4.62. The van der Waals surface area contributed by atoms with Gasteiger partial charge in [-0.15, -0.1) is 11.6 Å². The van der Waals surface area contributed by atoms with Crippen LogP contribution in [0.5, 0.6) is 5.75 Å². The van der Waals surface area contributed by atoms with E-state index < -0.39 is 10.6 Å². The Labute approximate surface area is 115 Å². The molecule has 0 radical (unpaired) electrons. The highest BCUT2D eigenvalue weighted by Gasteiger charge is 2.37. The summed E-state index contributed by atoms with van der Waals surface area (Å²) in [5.74, 6) is 0.164. The van der Waals surface area contributed by atoms with E-state index in [1.807, 2.05) is 6.07 Å². The van der Waals surface area contributed by atoms with Gasteiger partial charge in [-0.2, -0.15) is 0 Å². The molecule has 0 aliphatic rings. The standard InChI is InChI=1S/C11H12Cl3NO2/c1-8(16)15-10(11(13,14)7-12)17-9-5-3-2-4-6-9/h2-6,10H,7H2,1H3,(H,15,16). The van der Waals surface area contributed by atoms with Crippen LogP contribution < -0.4 is 10.1 Å². The molecule has 1 rings (SSSR count). The zero-order valence-corrected chi connectivity index (χ0v) is 11.4. The first-order chi connectivity index (χ1) is 7.95. The first-order valence-corrected chi connectivity index (χ1v) is 6.17. The molecule has 1 amide bonds. The number of carbonyl (C=O) groups is 1. The van der Waals surface area contributed by atoms with Crippen LogP contribution in [0.25, 0.3) is 0 Å². The number of alkyl halides is 3. The van der Waals surface area contributed by atoms with Crippen molar-refractivity contribution in [3.8, 4) is 5.75 Å². The second kappa shape index (κ2) is 6.34. The fourth-order valence-electron chi connectivity index (χ4n) is 1.11. The Bertz CT molecular complexity index is 370. The van der Waals surface area contributed by atoms with Gasteiger partial charge >= 0.3 is 0 Å². The van der Waals surface area contributed by atoms with Gasteiger partial charge in [-0.05, 0) is 12.1 Å². The van der Waals surface area contributed by atoms with Crippen molar-refractivity contribution in [3.05, 3.63) is 30.3 Å². The van der Waals surface area contributed by atoms with Crippen LogP contribution in [0.15, 0.2) is 30.3 Å². The number of amides is 1. The summed E-state index contributed by atoms with van der Waals surface area (Å²) in [6, 6.07) is 8.90. The van der Waals surface area contributed by atoms with Crippen molar-refractivity contribution in [2.24, 2.45) is 0 Å². The number of carbonyl (C=O) groups excluding carboxylic acids is 1. The molecular weight excluding hydrogens is 284 g/mol. The lowest BCUT2D eigenvalue weighted by Crippen LogP contribution is -2.50. The average Bonchev–Trinajstić information content (AvgIpc) is 2.29. The molecule has 94 valence electrons. The normalized spacial score (nSPS) is 12.9. The summed E-state index contributed by atoms with van der Waals surface area (Å²) in [6.07, 6.45) is -0.914. The topological polar surface area (TPSA) is 38.3 Å². The molecule has 3 nitrogen and oxygen atoms in total. The number of halogens is 3. The molecule has 0 heterocycles. The lowest BCUT2D eigenvalue weighted by molar-refractivity contribution is -0.121. The van der Waals surface area contributed by atoms with Gasteiger partial charge in [-0.25, -0.2) is 0 Å². The molecule has 0 fully saturated rings. The maximum Gasteiger partial charge on any atom is 0.219 e. The van der Waals surface area contributed by atoms with E-state index in [0.29, 0.717) is 5.75 Å². The van der Waals surface area contributed by atoms with Gasteiger partial charge in [0, 0.05) is 6.92 Å². The fraction of sp³-hybridized carbons (Fsp3) is 0.364. The van der Waals surface area contributed by atoms with Gasteiger partial charge in [0.2, 0.25) is 12.1 Å². The zero-order valence-electron chi connectivity index (χ0n) is 9.12. The summed E-state index contributed by atoms with van der Waals surface area (Å²) in [6.45, 7) is 1.35. The highest BCUT2D eigenvalue weighted by molar-refractivity contribution is 6.52. The van der Waals surface area contributed by atoms with E-state index in [1.165, 1.54) is 6.92 Å². The van der Waals surface area contributed by atoms with Crippen LogP contribution in [0.2, 0.25) is 0 Å². The molecule has 17 heavy (non-hydrogen) atoms. The van der Waals surface area contributed by atoms with Crippen molar-refractivity contribution >= 4 is 40.7 Å². The molecule has 1 aromatic rings. The number of para-hydroxylation sites is 1. The van der Waals surface area contributed by atoms with E-state index in [9.17, 15) is 4.79 Å². The molecule has 0 saturated carbocycles. The number of rotatable bonds is 5. The number of hydrogen-bond acceptors (Lipinski definition) is 2. The predicted molar refractivity (Wildman–Crippen MR) is 69.8 cm³/mol. The number of hydrogen-bond donors (Lipinski definition) is 1. The number of ether oxygens (including phenoxy) is 1. The Hall–Kier alpha value is -0.640. The molecule has 1 unspecified atom stereocenters. The van der Waals surface area contributed by atoms with E-state index in [1.54, 1.807) is 24.3 Å². The van der Waals surface area contributed by atoms with Gasteiger partial charge in [0.1, 0.15) is 5.75 Å². The van der Waals surface area contributed by atoms with Crippen LogP contribution in [-0.2, 0) is 4.79 Å². The number of benzene rings is 1. The Balaban J connectivity index is 2.81. The molecular formula is C11H12Cl3NO2. The maximum atomic E-state index is 11.1. The van der Waals surface area contributed by atoms with Crippen LogP contribution in [0, 0.1) is 0 Å². The summed E-state index contributed by atoms with van der Waals surface area (Å²) >= 11 is 17.6. The highest BCUT2D eigenvalue weighted by Crippen LogP contribution is 2.29. The van der Waals surface area contributed by atoms with Crippen LogP contribution in [0.4, 0.5) is 0 Å². The van der Waals surface area contributed by atoms with Gasteiger partial charge < -0.3 is 10.1 Å². The molecule has 1 N–H and O–H groups in total. The third-order valence-electron chi connectivity index (χ3n) is 1.89. The third-order valence-corrected chi connectivity index (χ3v) is 3.25. The van der Waals surface area contributed by atoms with Crippen molar-refractivity contribution in [2.45, 2.75) is 17.5 Å². The van der Waals surface area contributed by atoms with Gasteiger partial charge in [0.05, 0.1) is 5.88 Å². The van der Waals surface area contributed by atoms with E-state index in [2.05, 4.69) is 5.32 Å². The number of nitrogens with one attached hydrogen (secondary N) is 1.